The van der Waals surface area contributed by atoms with Crippen molar-refractivity contribution in [2.24, 2.45) is 13.0 Å². The third-order valence-electron chi connectivity index (χ3n) is 6.15. The molecule has 1 aromatic rings. The van der Waals surface area contributed by atoms with E-state index in [4.69, 9.17) is 0 Å². The maximum Gasteiger partial charge on any atom is 0.274 e. The fourth-order valence-corrected chi connectivity index (χ4v) is 7.02. The number of piperidine rings is 1. The van der Waals surface area contributed by atoms with E-state index >= 15 is 0 Å². The van der Waals surface area contributed by atoms with Crippen LogP contribution in [-0.4, -0.2) is 76.9 Å². The lowest BCUT2D eigenvalue weighted by molar-refractivity contribution is 0.0407. The molecule has 25 heavy (non-hydrogen) atoms. The van der Waals surface area contributed by atoms with Crippen LogP contribution < -0.4 is 0 Å². The van der Waals surface area contributed by atoms with Crippen LogP contribution in [0.25, 0.3) is 0 Å². The smallest absolute Gasteiger partial charge is 0.274 e. The van der Waals surface area contributed by atoms with Crippen molar-refractivity contribution in [1.29, 1.82) is 0 Å². The van der Waals surface area contributed by atoms with Gasteiger partial charge in [-0.1, -0.05) is 6.42 Å². The number of aromatic nitrogens is 2. The molecule has 0 N–H and O–H groups in total. The molecule has 3 aliphatic rings. The van der Waals surface area contributed by atoms with Crippen molar-refractivity contribution in [3.05, 3.63) is 18.2 Å². The SMILES string of the molecule is Cn1cnc(C(=O)N2CC3(C2)C(CN2CCCCC2)CCS3(=O)=O)c1. The van der Waals surface area contributed by atoms with Gasteiger partial charge >= 0.3 is 0 Å². The number of sulfone groups is 1. The highest BCUT2D eigenvalue weighted by molar-refractivity contribution is 7.93. The Balaban J connectivity index is 1.48. The first kappa shape index (κ1) is 17.0. The Bertz CT molecular complexity index is 761. The first-order chi connectivity index (χ1) is 11.9. The summed E-state index contributed by atoms with van der Waals surface area (Å²) in [5, 5.41) is 0. The maximum atomic E-state index is 12.8. The highest BCUT2D eigenvalue weighted by Crippen LogP contribution is 2.45. The fraction of sp³-hybridized carbons (Fsp3) is 0.765. The van der Waals surface area contributed by atoms with E-state index in [1.54, 1.807) is 22.0 Å². The Morgan fingerprint density at radius 3 is 2.64 bits per heavy atom. The Labute approximate surface area is 148 Å². The third-order valence-corrected chi connectivity index (χ3v) is 8.76. The molecule has 7 nitrogen and oxygen atoms in total. The van der Waals surface area contributed by atoms with Gasteiger partial charge in [0.25, 0.3) is 5.91 Å². The number of likely N-dealkylation sites (tertiary alicyclic amines) is 2. The van der Waals surface area contributed by atoms with Crippen molar-refractivity contribution in [2.75, 3.05) is 38.5 Å². The van der Waals surface area contributed by atoms with Crippen LogP contribution in [-0.2, 0) is 16.9 Å². The zero-order chi connectivity index (χ0) is 17.7. The van der Waals surface area contributed by atoms with E-state index in [0.717, 1.165) is 26.1 Å². The number of hydrogen-bond acceptors (Lipinski definition) is 5. The van der Waals surface area contributed by atoms with Gasteiger partial charge < -0.3 is 14.4 Å². The summed E-state index contributed by atoms with van der Waals surface area (Å²) in [5.74, 6) is 0.241. The molecule has 1 atom stereocenters. The predicted octanol–water partition coefficient (Wildman–Crippen LogP) is 0.535. The van der Waals surface area contributed by atoms with Crippen LogP contribution in [0.4, 0.5) is 0 Å². The number of aryl methyl sites for hydroxylation is 1. The molecule has 3 fully saturated rings. The van der Waals surface area contributed by atoms with Gasteiger partial charge in [0.1, 0.15) is 10.4 Å². The molecule has 1 aromatic heterocycles. The van der Waals surface area contributed by atoms with E-state index in [1.165, 1.54) is 19.3 Å². The van der Waals surface area contributed by atoms with Crippen LogP contribution in [0.2, 0.25) is 0 Å². The summed E-state index contributed by atoms with van der Waals surface area (Å²) >= 11 is 0. The Morgan fingerprint density at radius 1 is 1.28 bits per heavy atom. The molecule has 0 radical (unpaired) electrons. The van der Waals surface area contributed by atoms with Crippen molar-refractivity contribution in [3.8, 4) is 0 Å². The van der Waals surface area contributed by atoms with Gasteiger partial charge in [0.2, 0.25) is 0 Å². The quantitative estimate of drug-likeness (QED) is 0.780. The van der Waals surface area contributed by atoms with E-state index in [1.807, 2.05) is 7.05 Å². The summed E-state index contributed by atoms with van der Waals surface area (Å²) in [6, 6.07) is 0. The van der Waals surface area contributed by atoms with Crippen LogP contribution in [0.5, 0.6) is 0 Å². The lowest BCUT2D eigenvalue weighted by atomic mass is 9.82. The number of nitrogens with zero attached hydrogens (tertiary/aromatic N) is 4. The van der Waals surface area contributed by atoms with E-state index in [-0.39, 0.29) is 17.6 Å². The molecular formula is C17H26N4O3S. The monoisotopic (exact) mass is 366 g/mol. The van der Waals surface area contributed by atoms with Gasteiger partial charge in [0.05, 0.1) is 12.1 Å². The van der Waals surface area contributed by atoms with Crippen LogP contribution in [0.1, 0.15) is 36.2 Å². The van der Waals surface area contributed by atoms with Crippen LogP contribution in [0.3, 0.4) is 0 Å². The first-order valence-corrected chi connectivity index (χ1v) is 10.8. The number of carbonyl (C=O) groups excluding carboxylic acids is 1. The Hall–Kier alpha value is -1.41. The van der Waals surface area contributed by atoms with Crippen molar-refractivity contribution in [1.82, 2.24) is 19.4 Å². The lowest BCUT2D eigenvalue weighted by Crippen LogP contribution is -2.69. The van der Waals surface area contributed by atoms with Crippen LogP contribution in [0, 0.1) is 5.92 Å². The van der Waals surface area contributed by atoms with Gasteiger partial charge in [-0.05, 0) is 38.3 Å². The second-order valence-corrected chi connectivity index (χ2v) is 10.3. The summed E-state index contributed by atoms with van der Waals surface area (Å²) in [7, 11) is -1.32. The molecule has 3 saturated heterocycles. The fourth-order valence-electron chi connectivity index (χ4n) is 4.61. The zero-order valence-corrected chi connectivity index (χ0v) is 15.5. The van der Waals surface area contributed by atoms with E-state index in [0.29, 0.717) is 18.8 Å². The number of rotatable bonds is 3. The number of hydrogen-bond donors (Lipinski definition) is 0. The van der Waals surface area contributed by atoms with Gasteiger partial charge in [-0.25, -0.2) is 13.4 Å². The van der Waals surface area contributed by atoms with Gasteiger partial charge in [-0.2, -0.15) is 0 Å². The highest BCUT2D eigenvalue weighted by atomic mass is 32.2. The average Bonchev–Trinajstić information content (AvgIpc) is 3.08. The summed E-state index contributed by atoms with van der Waals surface area (Å²) in [4.78, 5) is 20.7. The van der Waals surface area contributed by atoms with Gasteiger partial charge in [0.15, 0.2) is 9.84 Å². The molecule has 0 saturated carbocycles. The minimum absolute atomic E-state index is 0.142. The molecule has 1 amide bonds. The minimum Gasteiger partial charge on any atom is -0.340 e. The molecule has 0 bridgehead atoms. The Kier molecular flexibility index (Phi) is 4.15. The molecule has 1 spiro atoms. The van der Waals surface area contributed by atoms with Gasteiger partial charge in [-0.3, -0.25) is 4.79 Å². The van der Waals surface area contributed by atoms with Crippen molar-refractivity contribution < 1.29 is 13.2 Å². The second-order valence-electron chi connectivity index (χ2n) is 7.82. The van der Waals surface area contributed by atoms with Crippen molar-refractivity contribution >= 4 is 15.7 Å². The van der Waals surface area contributed by atoms with Gasteiger partial charge in [0, 0.05) is 32.9 Å². The highest BCUT2D eigenvalue weighted by Gasteiger charge is 2.62. The number of amides is 1. The summed E-state index contributed by atoms with van der Waals surface area (Å²) < 4.78 is 26.5. The van der Waals surface area contributed by atoms with E-state index in [2.05, 4.69) is 9.88 Å². The predicted molar refractivity (Wildman–Crippen MR) is 94.0 cm³/mol. The topological polar surface area (TPSA) is 75.5 Å². The summed E-state index contributed by atoms with van der Waals surface area (Å²) in [6.07, 6.45) is 7.69. The number of carbonyl (C=O) groups is 1. The average molecular weight is 366 g/mol. The van der Waals surface area contributed by atoms with Crippen molar-refractivity contribution in [2.45, 2.75) is 30.4 Å². The normalized spacial score (nSPS) is 28.2. The largest absolute Gasteiger partial charge is 0.340 e. The first-order valence-electron chi connectivity index (χ1n) is 9.13. The molecule has 4 rings (SSSR count). The maximum absolute atomic E-state index is 12.8. The number of imidazole rings is 1. The molecule has 4 heterocycles. The zero-order valence-electron chi connectivity index (χ0n) is 14.7. The molecule has 8 heteroatoms. The summed E-state index contributed by atoms with van der Waals surface area (Å²) in [5.41, 5.74) is 0.389. The van der Waals surface area contributed by atoms with Crippen LogP contribution >= 0.6 is 0 Å². The Morgan fingerprint density at radius 2 is 2.00 bits per heavy atom. The third kappa shape index (κ3) is 2.79. The van der Waals surface area contributed by atoms with Crippen LogP contribution in [0.15, 0.2) is 12.5 Å². The molecule has 3 aliphatic heterocycles. The lowest BCUT2D eigenvalue weighted by Gasteiger charge is -2.50. The molecule has 138 valence electrons. The van der Waals surface area contributed by atoms with E-state index < -0.39 is 14.6 Å². The molecule has 0 aliphatic carbocycles. The molecule has 1 unspecified atom stereocenters. The summed E-state index contributed by atoms with van der Waals surface area (Å²) in [6.45, 7) is 3.64. The standard InChI is InChI=1S/C17H26N4O3S/c1-19-10-15(18-13-19)16(22)21-11-17(12-21)14(5-8-25(17,23)24)9-20-6-3-2-4-7-20/h10,13-14H,2-9,11-12H2,1H3. The molecular weight excluding hydrogens is 340 g/mol. The minimum atomic E-state index is -3.14. The second kappa shape index (κ2) is 6.09. The van der Waals surface area contributed by atoms with Gasteiger partial charge in [-0.15, -0.1) is 0 Å². The van der Waals surface area contributed by atoms with Crippen molar-refractivity contribution in [3.63, 3.8) is 0 Å². The molecule has 0 aromatic carbocycles. The van der Waals surface area contributed by atoms with E-state index in [9.17, 15) is 13.2 Å².